The van der Waals surface area contributed by atoms with E-state index in [0.717, 1.165) is 12.3 Å². The molecular formula is C17H28N2O2. The van der Waals surface area contributed by atoms with E-state index in [0.29, 0.717) is 25.5 Å². The molecule has 0 heterocycles. The Kier molecular flexibility index (Phi) is 7.83. The number of rotatable bonds is 9. The molecular weight excluding hydrogens is 264 g/mol. The number of hydrogen-bond donors (Lipinski definition) is 2. The molecule has 1 amide bonds. The zero-order chi connectivity index (χ0) is 15.7. The first-order chi connectivity index (χ1) is 10.0. The van der Waals surface area contributed by atoms with Gasteiger partial charge in [0.05, 0.1) is 6.61 Å². The lowest BCUT2D eigenvalue weighted by Crippen LogP contribution is -2.31. The van der Waals surface area contributed by atoms with Crippen molar-refractivity contribution in [3.05, 3.63) is 29.8 Å². The Bertz CT molecular complexity index is 415. The Hall–Kier alpha value is -1.55. The second kappa shape index (κ2) is 9.40. The van der Waals surface area contributed by atoms with Gasteiger partial charge in [-0.3, -0.25) is 4.79 Å². The molecule has 0 fully saturated rings. The standard InChI is InChI=1S/C17H28N2O2/c1-5-21-16-8-6-15(7-9-16)14(4)18-11-10-17(20)19-12-13(2)3/h6-9,13-14,18H,5,10-12H2,1-4H3,(H,19,20). The summed E-state index contributed by atoms with van der Waals surface area (Å²) in [6, 6.07) is 8.29. The second-order valence-electron chi connectivity index (χ2n) is 5.63. The number of carbonyl (C=O) groups is 1. The van der Waals surface area contributed by atoms with Gasteiger partial charge in [-0.15, -0.1) is 0 Å². The molecule has 0 aliphatic rings. The molecule has 2 N–H and O–H groups in total. The summed E-state index contributed by atoms with van der Waals surface area (Å²) in [5.41, 5.74) is 1.20. The lowest BCUT2D eigenvalue weighted by atomic mass is 10.1. The summed E-state index contributed by atoms with van der Waals surface area (Å²) >= 11 is 0. The smallest absolute Gasteiger partial charge is 0.221 e. The van der Waals surface area contributed by atoms with E-state index in [-0.39, 0.29) is 11.9 Å². The summed E-state index contributed by atoms with van der Waals surface area (Å²) in [6.07, 6.45) is 0.508. The topological polar surface area (TPSA) is 50.4 Å². The molecule has 1 atom stereocenters. The van der Waals surface area contributed by atoms with Gasteiger partial charge in [0.25, 0.3) is 0 Å². The summed E-state index contributed by atoms with van der Waals surface area (Å²) in [5, 5.41) is 6.29. The molecule has 1 rings (SSSR count). The maximum absolute atomic E-state index is 11.6. The van der Waals surface area contributed by atoms with Gasteiger partial charge in [-0.2, -0.15) is 0 Å². The predicted molar refractivity (Wildman–Crippen MR) is 86.5 cm³/mol. The Morgan fingerprint density at radius 2 is 1.86 bits per heavy atom. The number of benzene rings is 1. The number of hydrogen-bond acceptors (Lipinski definition) is 3. The fourth-order valence-electron chi connectivity index (χ4n) is 1.95. The number of ether oxygens (including phenoxy) is 1. The van der Waals surface area contributed by atoms with E-state index >= 15 is 0 Å². The molecule has 1 aromatic carbocycles. The highest BCUT2D eigenvalue weighted by atomic mass is 16.5. The summed E-state index contributed by atoms with van der Waals surface area (Å²) in [6.45, 7) is 10.4. The largest absolute Gasteiger partial charge is 0.494 e. The van der Waals surface area contributed by atoms with E-state index in [9.17, 15) is 4.79 Å². The van der Waals surface area contributed by atoms with Crippen LogP contribution in [-0.2, 0) is 4.79 Å². The van der Waals surface area contributed by atoms with Crippen LogP contribution in [0.3, 0.4) is 0 Å². The quantitative estimate of drug-likeness (QED) is 0.736. The van der Waals surface area contributed by atoms with Crippen LogP contribution in [-0.4, -0.2) is 25.6 Å². The molecule has 0 aromatic heterocycles. The molecule has 0 aliphatic carbocycles. The van der Waals surface area contributed by atoms with Gasteiger partial charge in [0.2, 0.25) is 5.91 Å². The van der Waals surface area contributed by atoms with Crippen molar-refractivity contribution in [3.63, 3.8) is 0 Å². The first kappa shape index (κ1) is 17.5. The lowest BCUT2D eigenvalue weighted by Gasteiger charge is -2.15. The number of nitrogens with one attached hydrogen (secondary N) is 2. The Labute approximate surface area is 128 Å². The fourth-order valence-corrected chi connectivity index (χ4v) is 1.95. The van der Waals surface area contributed by atoms with E-state index in [4.69, 9.17) is 4.74 Å². The highest BCUT2D eigenvalue weighted by molar-refractivity contribution is 5.76. The maximum Gasteiger partial charge on any atom is 0.221 e. The molecule has 4 nitrogen and oxygen atoms in total. The van der Waals surface area contributed by atoms with Gasteiger partial charge in [0.15, 0.2) is 0 Å². The molecule has 4 heteroatoms. The zero-order valence-electron chi connectivity index (χ0n) is 13.6. The third-order valence-electron chi connectivity index (χ3n) is 3.20. The molecule has 1 aromatic rings. The summed E-state index contributed by atoms with van der Waals surface area (Å²) in [4.78, 5) is 11.6. The third-order valence-corrected chi connectivity index (χ3v) is 3.20. The van der Waals surface area contributed by atoms with Gasteiger partial charge < -0.3 is 15.4 Å². The molecule has 0 saturated heterocycles. The normalized spacial score (nSPS) is 12.2. The van der Waals surface area contributed by atoms with Crippen molar-refractivity contribution in [2.45, 2.75) is 40.2 Å². The fraction of sp³-hybridized carbons (Fsp3) is 0.588. The van der Waals surface area contributed by atoms with Gasteiger partial charge in [0.1, 0.15) is 5.75 Å². The molecule has 21 heavy (non-hydrogen) atoms. The maximum atomic E-state index is 11.6. The lowest BCUT2D eigenvalue weighted by molar-refractivity contribution is -0.121. The first-order valence-electron chi connectivity index (χ1n) is 7.75. The van der Waals surface area contributed by atoms with Crippen LogP contribution in [0.2, 0.25) is 0 Å². The minimum Gasteiger partial charge on any atom is -0.494 e. The monoisotopic (exact) mass is 292 g/mol. The van der Waals surface area contributed by atoms with Crippen molar-refractivity contribution >= 4 is 5.91 Å². The number of amides is 1. The average Bonchev–Trinajstić information content (AvgIpc) is 2.46. The van der Waals surface area contributed by atoms with E-state index in [2.05, 4.69) is 43.5 Å². The number of carbonyl (C=O) groups excluding carboxylic acids is 1. The Balaban J connectivity index is 2.29. The molecule has 1 unspecified atom stereocenters. The predicted octanol–water partition coefficient (Wildman–Crippen LogP) is 2.90. The van der Waals surface area contributed by atoms with Gasteiger partial charge >= 0.3 is 0 Å². The Morgan fingerprint density at radius 1 is 1.19 bits per heavy atom. The highest BCUT2D eigenvalue weighted by Crippen LogP contribution is 2.17. The summed E-state index contributed by atoms with van der Waals surface area (Å²) in [7, 11) is 0. The van der Waals surface area contributed by atoms with Crippen LogP contribution in [0.1, 0.15) is 45.7 Å². The van der Waals surface area contributed by atoms with Crippen LogP contribution in [0.5, 0.6) is 5.75 Å². The molecule has 0 radical (unpaired) electrons. The van der Waals surface area contributed by atoms with Gasteiger partial charge in [-0.1, -0.05) is 26.0 Å². The first-order valence-corrected chi connectivity index (χ1v) is 7.75. The third kappa shape index (κ3) is 7.14. The summed E-state index contributed by atoms with van der Waals surface area (Å²) < 4.78 is 5.43. The minimum atomic E-state index is 0.107. The van der Waals surface area contributed by atoms with Gasteiger partial charge in [0, 0.05) is 25.6 Å². The van der Waals surface area contributed by atoms with Crippen LogP contribution in [0.4, 0.5) is 0 Å². The minimum absolute atomic E-state index is 0.107. The van der Waals surface area contributed by atoms with E-state index < -0.39 is 0 Å². The molecule has 0 bridgehead atoms. The highest BCUT2D eigenvalue weighted by Gasteiger charge is 2.07. The van der Waals surface area contributed by atoms with Crippen LogP contribution in [0.25, 0.3) is 0 Å². The van der Waals surface area contributed by atoms with Crippen molar-refractivity contribution in [2.75, 3.05) is 19.7 Å². The van der Waals surface area contributed by atoms with Crippen molar-refractivity contribution in [1.82, 2.24) is 10.6 Å². The van der Waals surface area contributed by atoms with E-state index in [1.165, 1.54) is 5.56 Å². The SMILES string of the molecule is CCOc1ccc(C(C)NCCC(=O)NCC(C)C)cc1. The van der Waals surface area contributed by atoms with Crippen LogP contribution in [0.15, 0.2) is 24.3 Å². The van der Waals surface area contributed by atoms with Crippen LogP contribution in [0, 0.1) is 5.92 Å². The molecule has 118 valence electrons. The Morgan fingerprint density at radius 3 is 2.43 bits per heavy atom. The summed E-state index contributed by atoms with van der Waals surface area (Å²) in [5.74, 6) is 1.49. The second-order valence-corrected chi connectivity index (χ2v) is 5.63. The van der Waals surface area contributed by atoms with Crippen molar-refractivity contribution in [1.29, 1.82) is 0 Å². The van der Waals surface area contributed by atoms with Crippen LogP contribution < -0.4 is 15.4 Å². The average molecular weight is 292 g/mol. The molecule has 0 spiro atoms. The van der Waals surface area contributed by atoms with Crippen molar-refractivity contribution < 1.29 is 9.53 Å². The zero-order valence-corrected chi connectivity index (χ0v) is 13.6. The van der Waals surface area contributed by atoms with Gasteiger partial charge in [-0.25, -0.2) is 0 Å². The molecule has 0 aliphatic heterocycles. The molecule has 0 saturated carbocycles. The van der Waals surface area contributed by atoms with E-state index in [1.807, 2.05) is 19.1 Å². The van der Waals surface area contributed by atoms with E-state index in [1.54, 1.807) is 0 Å². The van der Waals surface area contributed by atoms with Crippen LogP contribution >= 0.6 is 0 Å². The van der Waals surface area contributed by atoms with Crippen molar-refractivity contribution in [2.24, 2.45) is 5.92 Å². The van der Waals surface area contributed by atoms with Gasteiger partial charge in [-0.05, 0) is 37.5 Å². The van der Waals surface area contributed by atoms with Crippen molar-refractivity contribution in [3.8, 4) is 5.75 Å².